The van der Waals surface area contributed by atoms with E-state index in [1.807, 2.05) is 12.4 Å². The number of carboxylic acid groups (broad SMARTS) is 2. The minimum atomic E-state index is -2.47. The minimum Gasteiger partial charge on any atom is -0.478 e. The lowest BCUT2D eigenvalue weighted by atomic mass is 9.53. The molecule has 9 N–H and O–H groups in total. The van der Waals surface area contributed by atoms with Crippen LogP contribution in [0.25, 0.3) is 0 Å². The molecule has 3 heterocycles. The maximum atomic E-state index is 16.0. The number of amides is 2. The van der Waals surface area contributed by atoms with Gasteiger partial charge in [0.15, 0.2) is 5.41 Å². The number of carboxylic acids is 2. The van der Waals surface area contributed by atoms with Gasteiger partial charge in [0, 0.05) is 55.2 Å². The number of nitrogens with zero attached hydrogens (tertiary/aromatic N) is 1. The van der Waals surface area contributed by atoms with Crippen molar-refractivity contribution >= 4 is 41.5 Å². The lowest BCUT2D eigenvalue weighted by Crippen LogP contribution is -2.60. The van der Waals surface area contributed by atoms with Gasteiger partial charge in [-0.15, -0.1) is 11.8 Å². The average molecular weight is 993 g/mol. The van der Waals surface area contributed by atoms with E-state index in [2.05, 4.69) is 79.8 Å². The Hall–Kier alpha value is -5.09. The smallest absolute Gasteiger partial charge is 0.353 e. The molecule has 7 aliphatic rings. The standard InChI is InChI=1S/C54H68N6O10S/c1-55-32-58-54(69,49(66)67)25-17-41(61)59-40(46(62)60-47(63)48(64)65)31-71-45-43-42-35(12-3-2-6-20-51(45)21-7-8-22-51)30-36(29-33-18-27-56-28-19-33)44-52(42,50(68)70-43)23-9-13-34-11-4-5-14-37(34)38-16-24-53(44)39(38)15-10-26-57-53/h4-5,11,14,18-19,27-28,35,38-40,45,47,55,57-58,63,69H,2-3,6-8,10,12-13,15-17,20-22,24-26,29-32H2,1H3,(H,59,61)(H,60,62)(H,64,65)(H,66,67). The van der Waals surface area contributed by atoms with Crippen molar-refractivity contribution < 1.29 is 49.1 Å². The molecule has 17 heteroatoms. The number of aliphatic carboxylic acids is 2. The molecule has 5 aliphatic carbocycles. The van der Waals surface area contributed by atoms with Gasteiger partial charge in [0.25, 0.3) is 0 Å². The van der Waals surface area contributed by atoms with E-state index in [0.29, 0.717) is 18.6 Å². The van der Waals surface area contributed by atoms with Crippen molar-refractivity contribution in [3.05, 3.63) is 88.0 Å². The second-order valence-electron chi connectivity index (χ2n) is 20.9. The summed E-state index contributed by atoms with van der Waals surface area (Å²) < 4.78 is 7.03. The fourth-order valence-corrected chi connectivity index (χ4v) is 15.4. The molecule has 0 radical (unpaired) electrons. The number of esters is 1. The minimum absolute atomic E-state index is 0.0751. The molecular weight excluding hydrogens is 925 g/mol. The van der Waals surface area contributed by atoms with Crippen LogP contribution in [0, 0.1) is 34.5 Å². The number of ether oxygens (including phenoxy) is 1. The third-order valence-corrected chi connectivity index (χ3v) is 18.4. The molecule has 2 saturated carbocycles. The Morgan fingerprint density at radius 3 is 2.48 bits per heavy atom. The van der Waals surface area contributed by atoms with Crippen molar-refractivity contribution in [2.75, 3.05) is 26.0 Å². The van der Waals surface area contributed by atoms with Gasteiger partial charge in [0.1, 0.15) is 11.8 Å². The molecule has 9 rings (SSSR count). The third-order valence-electron chi connectivity index (χ3n) is 16.9. The lowest BCUT2D eigenvalue weighted by molar-refractivity contribution is -0.164. The number of rotatable bonds is 16. The van der Waals surface area contributed by atoms with Gasteiger partial charge in [-0.25, -0.2) is 14.4 Å². The van der Waals surface area contributed by atoms with E-state index in [4.69, 9.17) is 4.74 Å². The van der Waals surface area contributed by atoms with Gasteiger partial charge >= 0.3 is 17.9 Å². The molecule has 2 bridgehead atoms. The number of carbonyl (C=O) groups excluding carboxylic acids is 3. The van der Waals surface area contributed by atoms with E-state index in [1.165, 1.54) is 28.5 Å². The molecule has 1 aromatic carbocycles. The van der Waals surface area contributed by atoms with Crippen LogP contribution in [0.4, 0.5) is 0 Å². The number of fused-ring (bicyclic) bond motifs is 2. The van der Waals surface area contributed by atoms with Gasteiger partial charge in [-0.2, -0.15) is 0 Å². The fraction of sp³-hybridized carbons (Fsp3) is 0.593. The summed E-state index contributed by atoms with van der Waals surface area (Å²) in [7, 11) is 1.55. The first-order chi connectivity index (χ1) is 34.2. The van der Waals surface area contributed by atoms with Crippen molar-refractivity contribution in [3.63, 3.8) is 0 Å². The first-order valence-electron chi connectivity index (χ1n) is 25.6. The molecule has 2 aliphatic heterocycles. The summed E-state index contributed by atoms with van der Waals surface area (Å²) in [5.74, 6) is 2.88. The van der Waals surface area contributed by atoms with Crippen LogP contribution in [0.5, 0.6) is 0 Å². The van der Waals surface area contributed by atoms with Crippen LogP contribution < -0.4 is 26.6 Å². The predicted molar refractivity (Wildman–Crippen MR) is 265 cm³/mol. The molecule has 1 aromatic heterocycles. The lowest BCUT2D eigenvalue weighted by Gasteiger charge is -2.52. The highest BCUT2D eigenvalue weighted by molar-refractivity contribution is 8.00. The van der Waals surface area contributed by atoms with Crippen LogP contribution in [-0.2, 0) is 41.6 Å². The molecule has 9 unspecified atom stereocenters. The number of pyridine rings is 1. The summed E-state index contributed by atoms with van der Waals surface area (Å²) in [5.41, 5.74) is 2.08. The highest BCUT2D eigenvalue weighted by Gasteiger charge is 2.67. The second-order valence-corrected chi connectivity index (χ2v) is 22.1. The van der Waals surface area contributed by atoms with E-state index in [0.717, 1.165) is 113 Å². The number of nitrogens with one attached hydrogen (secondary N) is 5. The van der Waals surface area contributed by atoms with Gasteiger partial charge in [-0.05, 0) is 135 Å². The zero-order valence-corrected chi connectivity index (χ0v) is 41.3. The zero-order valence-electron chi connectivity index (χ0n) is 40.5. The Balaban J connectivity index is 1.19. The van der Waals surface area contributed by atoms with E-state index in [9.17, 15) is 39.6 Å². The number of allylic oxidation sites excluding steroid dienone is 1. The van der Waals surface area contributed by atoms with E-state index < -0.39 is 70.8 Å². The quantitative estimate of drug-likeness (QED) is 0.0484. The number of aliphatic hydroxyl groups is 2. The summed E-state index contributed by atoms with van der Waals surface area (Å²) in [6.07, 6.45) is 14.1. The zero-order chi connectivity index (χ0) is 50.0. The summed E-state index contributed by atoms with van der Waals surface area (Å²) in [4.78, 5) is 72.0. The Morgan fingerprint density at radius 2 is 1.73 bits per heavy atom. The number of carbonyl (C=O) groups is 5. The molecule has 71 heavy (non-hydrogen) atoms. The Kier molecular flexibility index (Phi) is 15.2. The van der Waals surface area contributed by atoms with E-state index in [1.54, 1.807) is 7.05 Å². The topological polar surface area (TPSA) is 249 Å². The molecule has 9 atom stereocenters. The van der Waals surface area contributed by atoms with Gasteiger partial charge in [0.05, 0.1) is 5.25 Å². The highest BCUT2D eigenvalue weighted by atomic mass is 32.2. The molecule has 2 spiro atoms. The van der Waals surface area contributed by atoms with Crippen LogP contribution >= 0.6 is 11.8 Å². The second kappa shape index (κ2) is 21.2. The maximum absolute atomic E-state index is 16.0. The Labute approximate surface area is 419 Å². The Morgan fingerprint density at radius 1 is 0.972 bits per heavy atom. The normalized spacial score (nSPS) is 29.1. The molecule has 16 nitrogen and oxygen atoms in total. The van der Waals surface area contributed by atoms with Gasteiger partial charge < -0.3 is 46.4 Å². The van der Waals surface area contributed by atoms with Crippen molar-refractivity contribution in [2.24, 2.45) is 22.7 Å². The van der Waals surface area contributed by atoms with Gasteiger partial charge in [-0.1, -0.05) is 73.8 Å². The van der Waals surface area contributed by atoms with E-state index in [-0.39, 0.29) is 41.6 Å². The van der Waals surface area contributed by atoms with Crippen molar-refractivity contribution in [2.45, 2.75) is 150 Å². The fourth-order valence-electron chi connectivity index (χ4n) is 13.8. The van der Waals surface area contributed by atoms with Crippen LogP contribution in [0.2, 0.25) is 0 Å². The van der Waals surface area contributed by atoms with Crippen LogP contribution in [0.3, 0.4) is 0 Å². The number of aliphatic hydroxyl groups excluding tert-OH is 1. The first-order valence-corrected chi connectivity index (χ1v) is 26.7. The summed E-state index contributed by atoms with van der Waals surface area (Å²) in [5, 5.41) is 54.2. The number of benzene rings is 1. The summed E-state index contributed by atoms with van der Waals surface area (Å²) in [6.45, 7) is 0.731. The molecule has 380 valence electrons. The maximum Gasteiger partial charge on any atom is 0.353 e. The van der Waals surface area contributed by atoms with Crippen molar-refractivity contribution in [1.82, 2.24) is 31.6 Å². The molecule has 2 aromatic rings. The third kappa shape index (κ3) is 9.68. The predicted octanol–water partition coefficient (Wildman–Crippen LogP) is 4.56. The molecule has 3 fully saturated rings. The Bertz CT molecular complexity index is 2520. The number of hydrogen-bond acceptors (Lipinski definition) is 13. The number of aromatic nitrogens is 1. The first kappa shape index (κ1) is 50.8. The van der Waals surface area contributed by atoms with Crippen molar-refractivity contribution in [3.8, 4) is 11.8 Å². The van der Waals surface area contributed by atoms with E-state index >= 15 is 4.79 Å². The van der Waals surface area contributed by atoms with Crippen LogP contribution in [0.1, 0.15) is 125 Å². The average Bonchev–Trinajstić information content (AvgIpc) is 4.07. The largest absolute Gasteiger partial charge is 0.478 e. The molecular formula is C54H68N6O10S. The number of hydrogen-bond donors (Lipinski definition) is 9. The van der Waals surface area contributed by atoms with Crippen molar-refractivity contribution in [1.29, 1.82) is 0 Å². The van der Waals surface area contributed by atoms with Crippen LogP contribution in [0.15, 0.2) is 71.3 Å². The van der Waals surface area contributed by atoms with Crippen LogP contribution in [-0.4, -0.2) is 110 Å². The molecule has 1 saturated heterocycles. The monoisotopic (exact) mass is 992 g/mol. The van der Waals surface area contributed by atoms with Gasteiger partial charge in [0.2, 0.25) is 23.8 Å². The van der Waals surface area contributed by atoms with Gasteiger partial charge in [-0.3, -0.25) is 19.9 Å². The molecule has 2 amide bonds. The number of thioether (sulfide) groups is 1. The summed E-state index contributed by atoms with van der Waals surface area (Å²) >= 11 is 1.39. The number of piperidine rings is 1. The SMILES string of the molecule is CNCNC(O)(CCC(=O)NC(CSC1C2=C3C(CCCCCC14CCCC4)CC(Cc1ccncc1)=C1C3(C#CCc3ccccc3C3CCC14NCCCC34)C(=O)O2)C(=O)NC(O)C(=O)O)C(=O)O. The highest BCUT2D eigenvalue weighted by Crippen LogP contribution is 2.66. The summed E-state index contributed by atoms with van der Waals surface area (Å²) in [6, 6.07) is 11.4.